The van der Waals surface area contributed by atoms with Crippen molar-refractivity contribution >= 4 is 5.91 Å². The molecule has 1 aromatic carbocycles. The summed E-state index contributed by atoms with van der Waals surface area (Å²) in [5.41, 5.74) is 0.644. The molecule has 0 aromatic heterocycles. The van der Waals surface area contributed by atoms with E-state index in [9.17, 15) is 4.79 Å². The average Bonchev–Trinajstić information content (AvgIpc) is 2.63. The lowest BCUT2D eigenvalue weighted by Gasteiger charge is -2.19. The number of rotatable bonds is 7. The first-order valence-electron chi connectivity index (χ1n) is 6.90. The van der Waals surface area contributed by atoms with Crippen molar-refractivity contribution in [3.8, 4) is 5.75 Å². The van der Waals surface area contributed by atoms with E-state index in [0.29, 0.717) is 50.8 Å². The minimum Gasteiger partial charge on any atom is -0.491 e. The number of methoxy groups -OCH3 is 1. The van der Waals surface area contributed by atoms with Gasteiger partial charge in [0.25, 0.3) is 5.91 Å². The van der Waals surface area contributed by atoms with Crippen LogP contribution >= 0.6 is 0 Å². The summed E-state index contributed by atoms with van der Waals surface area (Å²) in [6.07, 6.45) is 0.817. The Kier molecular flexibility index (Phi) is 5.83. The van der Waals surface area contributed by atoms with Gasteiger partial charge in [-0.2, -0.15) is 0 Å². The van der Waals surface area contributed by atoms with Crippen LogP contribution in [0.15, 0.2) is 24.3 Å². The largest absolute Gasteiger partial charge is 0.491 e. The van der Waals surface area contributed by atoms with Crippen molar-refractivity contribution in [2.75, 3.05) is 46.6 Å². The lowest BCUT2D eigenvalue weighted by Crippen LogP contribution is -2.33. The normalized spacial score (nSPS) is 14.7. The fourth-order valence-electron chi connectivity index (χ4n) is 2.12. The molecule has 1 aliphatic heterocycles. The first-order valence-corrected chi connectivity index (χ1v) is 6.90. The molecule has 1 heterocycles. The van der Waals surface area contributed by atoms with E-state index in [1.807, 2.05) is 29.2 Å². The summed E-state index contributed by atoms with van der Waals surface area (Å²) in [6, 6.07) is 7.39. The quantitative estimate of drug-likeness (QED) is 0.711. The molecular weight excluding hydrogens is 258 g/mol. The Balaban J connectivity index is 1.82. The van der Waals surface area contributed by atoms with Crippen LogP contribution in [0.2, 0.25) is 0 Å². The maximum absolute atomic E-state index is 12.4. The van der Waals surface area contributed by atoms with Crippen molar-refractivity contribution in [2.45, 2.75) is 6.42 Å². The fraction of sp³-hybridized carbons (Fsp3) is 0.533. The molecule has 2 rings (SSSR count). The monoisotopic (exact) mass is 279 g/mol. The number of hydrogen-bond acceptors (Lipinski definition) is 4. The fourth-order valence-corrected chi connectivity index (χ4v) is 2.12. The van der Waals surface area contributed by atoms with E-state index in [4.69, 9.17) is 14.2 Å². The Hall–Kier alpha value is -1.59. The van der Waals surface area contributed by atoms with Crippen molar-refractivity contribution in [1.29, 1.82) is 0 Å². The molecule has 0 unspecified atom stereocenters. The molecule has 0 spiro atoms. The van der Waals surface area contributed by atoms with Crippen LogP contribution in [0.3, 0.4) is 0 Å². The summed E-state index contributed by atoms with van der Waals surface area (Å²) in [5.74, 6) is 0.714. The maximum atomic E-state index is 12.4. The highest BCUT2D eigenvalue weighted by Crippen LogP contribution is 2.22. The van der Waals surface area contributed by atoms with Gasteiger partial charge in [0.05, 0.1) is 25.3 Å². The summed E-state index contributed by atoms with van der Waals surface area (Å²) in [5, 5.41) is 0. The number of ether oxygens (including phenoxy) is 3. The molecule has 0 bridgehead atoms. The van der Waals surface area contributed by atoms with Gasteiger partial charge in [0.2, 0.25) is 0 Å². The third-order valence-corrected chi connectivity index (χ3v) is 3.17. The summed E-state index contributed by atoms with van der Waals surface area (Å²) in [7, 11) is 1.65. The summed E-state index contributed by atoms with van der Waals surface area (Å²) < 4.78 is 15.9. The van der Waals surface area contributed by atoms with Gasteiger partial charge < -0.3 is 19.1 Å². The van der Waals surface area contributed by atoms with E-state index in [0.717, 1.165) is 6.42 Å². The summed E-state index contributed by atoms with van der Waals surface area (Å²) >= 11 is 0. The van der Waals surface area contributed by atoms with Crippen molar-refractivity contribution in [2.24, 2.45) is 0 Å². The lowest BCUT2D eigenvalue weighted by molar-refractivity contribution is 0.0595. The van der Waals surface area contributed by atoms with Crippen LogP contribution in [-0.4, -0.2) is 57.4 Å². The second-order valence-electron chi connectivity index (χ2n) is 4.60. The van der Waals surface area contributed by atoms with Gasteiger partial charge in [-0.25, -0.2) is 0 Å². The zero-order valence-corrected chi connectivity index (χ0v) is 11.8. The number of carbonyl (C=O) groups excluding carboxylic acids is 1. The molecular formula is C15H21NO4. The molecule has 0 aliphatic carbocycles. The molecule has 5 nitrogen and oxygen atoms in total. The molecule has 0 atom stereocenters. The van der Waals surface area contributed by atoms with Crippen molar-refractivity contribution < 1.29 is 19.0 Å². The van der Waals surface area contributed by atoms with E-state index < -0.39 is 0 Å². The van der Waals surface area contributed by atoms with E-state index in [-0.39, 0.29) is 5.91 Å². The number of hydrogen-bond donors (Lipinski definition) is 0. The van der Waals surface area contributed by atoms with Crippen LogP contribution in [-0.2, 0) is 9.47 Å². The predicted octanol–water partition coefficient (Wildman–Crippen LogP) is 1.57. The minimum atomic E-state index is 0.0370. The van der Waals surface area contributed by atoms with Crippen LogP contribution in [0.1, 0.15) is 16.8 Å². The Morgan fingerprint density at radius 1 is 1.25 bits per heavy atom. The van der Waals surface area contributed by atoms with Crippen LogP contribution in [0, 0.1) is 0 Å². The molecule has 1 aromatic rings. The Morgan fingerprint density at radius 2 is 2.10 bits per heavy atom. The van der Waals surface area contributed by atoms with Crippen LogP contribution in [0.4, 0.5) is 0 Å². The van der Waals surface area contributed by atoms with E-state index in [1.165, 1.54) is 0 Å². The molecule has 0 N–H and O–H groups in total. The highest BCUT2D eigenvalue weighted by molar-refractivity contribution is 5.97. The molecule has 0 radical (unpaired) electrons. The topological polar surface area (TPSA) is 48.0 Å². The summed E-state index contributed by atoms with van der Waals surface area (Å²) in [6.45, 7) is 3.66. The third kappa shape index (κ3) is 3.95. The van der Waals surface area contributed by atoms with Gasteiger partial charge in [-0.15, -0.1) is 0 Å². The highest BCUT2D eigenvalue weighted by Gasteiger charge is 2.22. The van der Waals surface area contributed by atoms with Crippen molar-refractivity contribution in [3.63, 3.8) is 0 Å². The number of fused-ring (bicyclic) bond motifs is 1. The molecule has 0 fully saturated rings. The van der Waals surface area contributed by atoms with Gasteiger partial charge in [0.15, 0.2) is 0 Å². The number of benzene rings is 1. The van der Waals surface area contributed by atoms with Gasteiger partial charge in [-0.1, -0.05) is 12.1 Å². The molecule has 110 valence electrons. The predicted molar refractivity (Wildman–Crippen MR) is 75.2 cm³/mol. The van der Waals surface area contributed by atoms with Crippen LogP contribution in [0.25, 0.3) is 0 Å². The second kappa shape index (κ2) is 7.87. The van der Waals surface area contributed by atoms with E-state index >= 15 is 0 Å². The Bertz CT molecular complexity index is 436. The SMILES string of the molecule is COCCOCCCN1CCOc2ccccc2C1=O. The average molecular weight is 279 g/mol. The molecule has 0 saturated carbocycles. The van der Waals surface area contributed by atoms with Gasteiger partial charge in [-0.05, 0) is 18.6 Å². The van der Waals surface area contributed by atoms with Gasteiger partial charge in [0, 0.05) is 20.3 Å². The van der Waals surface area contributed by atoms with Gasteiger partial charge >= 0.3 is 0 Å². The first kappa shape index (κ1) is 14.8. The second-order valence-corrected chi connectivity index (χ2v) is 4.60. The zero-order chi connectivity index (χ0) is 14.2. The molecule has 0 saturated heterocycles. The zero-order valence-electron chi connectivity index (χ0n) is 11.8. The third-order valence-electron chi connectivity index (χ3n) is 3.17. The number of nitrogens with zero attached hydrogens (tertiary/aromatic N) is 1. The molecule has 20 heavy (non-hydrogen) atoms. The van der Waals surface area contributed by atoms with Crippen molar-refractivity contribution in [1.82, 2.24) is 4.90 Å². The standard InChI is InChI=1S/C15H21NO4/c1-18-11-12-19-9-4-7-16-8-10-20-14-6-3-2-5-13(14)15(16)17/h2-3,5-6H,4,7-12H2,1H3. The number of amides is 1. The smallest absolute Gasteiger partial charge is 0.257 e. The highest BCUT2D eigenvalue weighted by atomic mass is 16.5. The number of para-hydroxylation sites is 1. The van der Waals surface area contributed by atoms with E-state index in [2.05, 4.69) is 0 Å². The van der Waals surface area contributed by atoms with E-state index in [1.54, 1.807) is 7.11 Å². The van der Waals surface area contributed by atoms with Gasteiger partial charge in [-0.3, -0.25) is 4.79 Å². The molecule has 1 aliphatic rings. The van der Waals surface area contributed by atoms with Crippen molar-refractivity contribution in [3.05, 3.63) is 29.8 Å². The van der Waals surface area contributed by atoms with Gasteiger partial charge in [0.1, 0.15) is 12.4 Å². The molecule has 5 heteroatoms. The van der Waals surface area contributed by atoms with Crippen LogP contribution < -0.4 is 4.74 Å². The lowest BCUT2D eigenvalue weighted by atomic mass is 10.2. The maximum Gasteiger partial charge on any atom is 0.257 e. The Labute approximate surface area is 119 Å². The number of carbonyl (C=O) groups is 1. The first-order chi connectivity index (χ1) is 9.83. The summed E-state index contributed by atoms with van der Waals surface area (Å²) in [4.78, 5) is 14.2. The Morgan fingerprint density at radius 3 is 2.95 bits per heavy atom. The minimum absolute atomic E-state index is 0.0370. The molecule has 1 amide bonds. The van der Waals surface area contributed by atoms with Crippen LogP contribution in [0.5, 0.6) is 5.75 Å².